The largest absolute Gasteiger partial charge is 0.475 e. The molecule has 1 fully saturated rings. The molecular formula is C25H23F3N4O3. The number of anilines is 2. The Balaban J connectivity index is 1.57. The van der Waals surface area contributed by atoms with Crippen LogP contribution in [0.15, 0.2) is 54.7 Å². The van der Waals surface area contributed by atoms with Crippen LogP contribution in [0.3, 0.4) is 0 Å². The number of hydrogen-bond acceptors (Lipinski definition) is 6. The highest BCUT2D eigenvalue weighted by atomic mass is 19.4. The number of fused-ring (bicyclic) bond motifs is 1. The zero-order valence-electron chi connectivity index (χ0n) is 18.9. The van der Waals surface area contributed by atoms with E-state index in [4.69, 9.17) is 4.84 Å². The lowest BCUT2D eigenvalue weighted by Gasteiger charge is -2.32. The first kappa shape index (κ1) is 23.1. The van der Waals surface area contributed by atoms with Crippen molar-refractivity contribution in [2.45, 2.75) is 38.7 Å². The monoisotopic (exact) mass is 484 g/mol. The molecule has 1 N–H and O–H groups in total. The molecule has 2 aliphatic rings. The second-order valence-electron chi connectivity index (χ2n) is 8.88. The minimum absolute atomic E-state index is 0.239. The van der Waals surface area contributed by atoms with E-state index >= 15 is 0 Å². The van der Waals surface area contributed by atoms with E-state index in [2.05, 4.69) is 9.97 Å². The molecule has 5 rings (SSSR count). The van der Waals surface area contributed by atoms with Gasteiger partial charge in [-0.05, 0) is 48.9 Å². The third-order valence-corrected chi connectivity index (χ3v) is 6.10. The van der Waals surface area contributed by atoms with Crippen LogP contribution in [0.25, 0.3) is 0 Å². The van der Waals surface area contributed by atoms with E-state index < -0.39 is 23.9 Å². The van der Waals surface area contributed by atoms with Crippen molar-refractivity contribution in [2.75, 3.05) is 16.6 Å². The van der Waals surface area contributed by atoms with Gasteiger partial charge < -0.3 is 10.0 Å². The zero-order valence-corrected chi connectivity index (χ0v) is 18.9. The average molecular weight is 484 g/mol. The molecular weight excluding hydrogens is 461 g/mol. The fourth-order valence-corrected chi connectivity index (χ4v) is 4.12. The summed E-state index contributed by atoms with van der Waals surface area (Å²) in [6.07, 6.45) is -1.37. The van der Waals surface area contributed by atoms with Gasteiger partial charge in [-0.1, -0.05) is 42.0 Å². The maximum Gasteiger partial charge on any atom is 0.416 e. The van der Waals surface area contributed by atoms with Gasteiger partial charge in [0.15, 0.2) is 12.0 Å². The lowest BCUT2D eigenvalue weighted by Crippen LogP contribution is -2.36. The first-order valence-electron chi connectivity index (χ1n) is 11.2. The number of aromatic carboxylic acids is 1. The summed E-state index contributed by atoms with van der Waals surface area (Å²) in [6.45, 7) is 2.66. The third-order valence-electron chi connectivity index (χ3n) is 6.10. The van der Waals surface area contributed by atoms with Crippen molar-refractivity contribution in [3.05, 3.63) is 82.8 Å². The Morgan fingerprint density at radius 3 is 2.54 bits per heavy atom. The minimum Gasteiger partial charge on any atom is -0.475 e. The molecule has 35 heavy (non-hydrogen) atoms. The third kappa shape index (κ3) is 4.79. The van der Waals surface area contributed by atoms with Crippen molar-refractivity contribution in [3.63, 3.8) is 0 Å². The smallest absolute Gasteiger partial charge is 0.416 e. The van der Waals surface area contributed by atoms with Gasteiger partial charge in [0, 0.05) is 6.54 Å². The van der Waals surface area contributed by atoms with Gasteiger partial charge in [-0.25, -0.2) is 19.8 Å². The van der Waals surface area contributed by atoms with Crippen molar-refractivity contribution in [2.24, 2.45) is 5.92 Å². The van der Waals surface area contributed by atoms with Crippen molar-refractivity contribution >= 4 is 17.5 Å². The van der Waals surface area contributed by atoms with E-state index in [1.165, 1.54) is 18.3 Å². The number of aryl methyl sites for hydroxylation is 1. The van der Waals surface area contributed by atoms with E-state index in [9.17, 15) is 23.1 Å². The summed E-state index contributed by atoms with van der Waals surface area (Å²) in [4.78, 5) is 27.9. The molecule has 2 aromatic carbocycles. The molecule has 7 nitrogen and oxygen atoms in total. The molecule has 1 aliphatic carbocycles. The van der Waals surface area contributed by atoms with Crippen LogP contribution in [-0.2, 0) is 17.6 Å². The Morgan fingerprint density at radius 1 is 1.17 bits per heavy atom. The predicted octanol–water partition coefficient (Wildman–Crippen LogP) is 5.37. The lowest BCUT2D eigenvalue weighted by atomic mass is 10.1. The maximum absolute atomic E-state index is 13.1. The van der Waals surface area contributed by atoms with Gasteiger partial charge in [-0.2, -0.15) is 13.2 Å². The number of carbonyl (C=O) groups is 1. The summed E-state index contributed by atoms with van der Waals surface area (Å²) in [6, 6.07) is 12.8. The number of aromatic nitrogens is 2. The van der Waals surface area contributed by atoms with Crippen molar-refractivity contribution in [1.82, 2.24) is 9.97 Å². The first-order chi connectivity index (χ1) is 16.7. The van der Waals surface area contributed by atoms with Gasteiger partial charge in [0.25, 0.3) is 0 Å². The molecule has 1 aliphatic heterocycles. The Bertz CT molecular complexity index is 1250. The molecule has 0 amide bonds. The summed E-state index contributed by atoms with van der Waals surface area (Å²) < 4.78 is 39.2. The van der Waals surface area contributed by atoms with Crippen LogP contribution in [0.4, 0.5) is 24.7 Å². The number of alkyl halides is 3. The van der Waals surface area contributed by atoms with Crippen LogP contribution in [0, 0.1) is 12.8 Å². The molecule has 0 bridgehead atoms. The zero-order chi connectivity index (χ0) is 24.7. The Morgan fingerprint density at radius 2 is 1.91 bits per heavy atom. The van der Waals surface area contributed by atoms with Gasteiger partial charge in [-0.15, -0.1) is 0 Å². The number of nitrogens with zero attached hydrogens (tertiary/aromatic N) is 4. The van der Waals surface area contributed by atoms with Crippen molar-refractivity contribution < 1.29 is 27.9 Å². The highest BCUT2D eigenvalue weighted by molar-refractivity contribution is 5.85. The quantitative estimate of drug-likeness (QED) is 0.483. The summed E-state index contributed by atoms with van der Waals surface area (Å²) in [5.74, 6) is -0.871. The SMILES string of the molecule is Cc1cccc(C2N(Cc3ccc(C(F)(F)F)cc3)c3cnc(C(=O)O)nc3N2OCC2CC2)c1. The first-order valence-corrected chi connectivity index (χ1v) is 11.2. The average Bonchev–Trinajstić information content (AvgIpc) is 3.60. The number of hydrogen-bond donors (Lipinski definition) is 1. The van der Waals surface area contributed by atoms with Gasteiger partial charge in [0.05, 0.1) is 18.4 Å². The Hall–Kier alpha value is -3.66. The number of halogens is 3. The number of carboxylic acid groups (broad SMARTS) is 1. The van der Waals surface area contributed by atoms with E-state index in [0.717, 1.165) is 36.1 Å². The molecule has 0 radical (unpaired) electrons. The van der Waals surface area contributed by atoms with E-state index in [1.807, 2.05) is 36.1 Å². The van der Waals surface area contributed by atoms with E-state index in [0.29, 0.717) is 29.6 Å². The lowest BCUT2D eigenvalue weighted by molar-refractivity contribution is -0.137. The molecule has 1 aromatic heterocycles. The van der Waals surface area contributed by atoms with Crippen molar-refractivity contribution in [3.8, 4) is 0 Å². The summed E-state index contributed by atoms with van der Waals surface area (Å²) >= 11 is 0. The molecule has 2 heterocycles. The van der Waals surface area contributed by atoms with Crippen LogP contribution >= 0.6 is 0 Å². The van der Waals surface area contributed by atoms with E-state index in [-0.39, 0.29) is 12.4 Å². The standard InChI is InChI=1S/C25H23F3N4O3/c1-15-3-2-4-18(11-15)23-31(13-16-7-9-19(10-8-16)25(26,27)28)20-12-29-21(24(33)34)30-22(20)32(23)35-14-17-5-6-17/h2-4,7-12,17,23H,5-6,13-14H2,1H3,(H,33,34). The molecule has 182 valence electrons. The van der Waals surface area contributed by atoms with Gasteiger partial charge >= 0.3 is 12.1 Å². The molecule has 3 aromatic rings. The molecule has 1 unspecified atom stereocenters. The number of hydroxylamine groups is 1. The van der Waals surface area contributed by atoms with Crippen LogP contribution in [0.2, 0.25) is 0 Å². The van der Waals surface area contributed by atoms with Crippen LogP contribution in [-0.4, -0.2) is 27.7 Å². The Kier molecular flexibility index (Phi) is 5.84. The second kappa shape index (κ2) is 8.84. The van der Waals surface area contributed by atoms with Crippen molar-refractivity contribution in [1.29, 1.82) is 0 Å². The normalized spacial score (nSPS) is 17.5. The summed E-state index contributed by atoms with van der Waals surface area (Å²) in [7, 11) is 0. The number of carboxylic acids is 1. The van der Waals surface area contributed by atoms with Crippen LogP contribution < -0.4 is 9.96 Å². The van der Waals surface area contributed by atoms with E-state index in [1.54, 1.807) is 5.06 Å². The predicted molar refractivity (Wildman–Crippen MR) is 122 cm³/mol. The topological polar surface area (TPSA) is 78.8 Å². The van der Waals surface area contributed by atoms with Crippen LogP contribution in [0.5, 0.6) is 0 Å². The fraction of sp³-hybridized carbons (Fsp3) is 0.320. The van der Waals surface area contributed by atoms with Gasteiger partial charge in [0.1, 0.15) is 5.69 Å². The second-order valence-corrected chi connectivity index (χ2v) is 8.88. The summed E-state index contributed by atoms with van der Waals surface area (Å²) in [5.41, 5.74) is 2.36. The number of rotatable bonds is 7. The highest BCUT2D eigenvalue weighted by Gasteiger charge is 2.41. The molecule has 1 atom stereocenters. The molecule has 10 heteroatoms. The molecule has 1 saturated carbocycles. The highest BCUT2D eigenvalue weighted by Crippen LogP contribution is 2.46. The van der Waals surface area contributed by atoms with Gasteiger partial charge in [-0.3, -0.25) is 4.84 Å². The summed E-state index contributed by atoms with van der Waals surface area (Å²) in [5, 5.41) is 11.1. The number of benzene rings is 2. The minimum atomic E-state index is -4.42. The maximum atomic E-state index is 13.1. The Labute approximate surface area is 199 Å². The molecule has 0 spiro atoms. The fourth-order valence-electron chi connectivity index (χ4n) is 4.12. The van der Waals surface area contributed by atoms with Crippen LogP contribution in [0.1, 0.15) is 51.9 Å². The molecule has 0 saturated heterocycles. The van der Waals surface area contributed by atoms with Gasteiger partial charge in [0.2, 0.25) is 5.82 Å².